The quantitative estimate of drug-likeness (QED) is 0.652. The Labute approximate surface area is 77.2 Å². The topological polar surface area (TPSA) is 0 Å². The minimum Gasteiger partial charge on any atom is -0.152 e. The molecule has 2 rings (SSSR count). The van der Waals surface area contributed by atoms with Gasteiger partial charge in [-0.05, 0) is 39.9 Å². The molecule has 0 N–H and O–H groups in total. The van der Waals surface area contributed by atoms with Crippen molar-refractivity contribution in [2.75, 3.05) is 0 Å². The van der Waals surface area contributed by atoms with Gasteiger partial charge in [0.2, 0.25) is 0 Å². The Balaban J connectivity index is 2.45. The highest BCUT2D eigenvalue weighted by atomic mass is 32.1. The van der Waals surface area contributed by atoms with Gasteiger partial charge in [-0.3, -0.25) is 0 Å². The maximum absolute atomic E-state index is 2.25. The van der Waals surface area contributed by atoms with E-state index in [0.29, 0.717) is 0 Å². The Hall–Kier alpha value is -0.820. The normalized spacial score (nSPS) is 10.8. The summed E-state index contributed by atoms with van der Waals surface area (Å²) in [5.74, 6) is 0. The molecule has 0 nitrogen and oxygen atoms in total. The standard InChI is InChI=1S/C11H12S/c1-2-3-9-4-5-10-8-12-7-6-11(9)10/h4-8H,2-3H2,1H3. The molecule has 0 atom stereocenters. The van der Waals surface area contributed by atoms with Crippen LogP contribution < -0.4 is 0 Å². The lowest BCUT2D eigenvalue weighted by atomic mass is 10.1. The first kappa shape index (κ1) is 7.81. The van der Waals surface area contributed by atoms with Gasteiger partial charge in [0.15, 0.2) is 0 Å². The summed E-state index contributed by atoms with van der Waals surface area (Å²) < 4.78 is 0. The first-order valence-corrected chi connectivity index (χ1v) is 5.30. The minimum absolute atomic E-state index is 1.21. The third-order valence-corrected chi connectivity index (χ3v) is 2.83. The Morgan fingerprint density at radius 1 is 1.25 bits per heavy atom. The highest BCUT2D eigenvalue weighted by Gasteiger charge is 2.06. The maximum Gasteiger partial charge on any atom is -0.00149 e. The van der Waals surface area contributed by atoms with Crippen LogP contribution in [0.25, 0.3) is 11.1 Å². The van der Waals surface area contributed by atoms with Gasteiger partial charge in [-0.15, -0.1) is 0 Å². The van der Waals surface area contributed by atoms with Crippen molar-refractivity contribution in [3.63, 3.8) is 0 Å². The lowest BCUT2D eigenvalue weighted by Gasteiger charge is -2.00. The Kier molecular flexibility index (Phi) is 2.13. The molecule has 0 aromatic heterocycles. The van der Waals surface area contributed by atoms with E-state index in [1.54, 1.807) is 11.3 Å². The van der Waals surface area contributed by atoms with Gasteiger partial charge < -0.3 is 0 Å². The summed E-state index contributed by atoms with van der Waals surface area (Å²) in [5, 5.41) is 4.37. The predicted molar refractivity (Wildman–Crippen MR) is 54.9 cm³/mol. The molecule has 2 aliphatic rings. The molecule has 0 bridgehead atoms. The van der Waals surface area contributed by atoms with Gasteiger partial charge in [-0.25, -0.2) is 0 Å². The fourth-order valence-corrected chi connectivity index (χ4v) is 2.21. The van der Waals surface area contributed by atoms with Crippen LogP contribution in [-0.2, 0) is 6.42 Å². The molecule has 12 heavy (non-hydrogen) atoms. The molecule has 0 saturated carbocycles. The van der Waals surface area contributed by atoms with E-state index in [9.17, 15) is 0 Å². The molecule has 0 saturated heterocycles. The van der Waals surface area contributed by atoms with Crippen molar-refractivity contribution in [2.45, 2.75) is 19.8 Å². The van der Waals surface area contributed by atoms with E-state index in [4.69, 9.17) is 0 Å². The molecule has 1 aliphatic carbocycles. The van der Waals surface area contributed by atoms with Gasteiger partial charge in [0, 0.05) is 0 Å². The molecule has 0 radical (unpaired) electrons. The van der Waals surface area contributed by atoms with Gasteiger partial charge >= 0.3 is 0 Å². The maximum atomic E-state index is 2.25. The third-order valence-electron chi connectivity index (χ3n) is 2.15. The number of rotatable bonds is 2. The van der Waals surface area contributed by atoms with Crippen LogP contribution in [0.15, 0.2) is 29.0 Å². The smallest absolute Gasteiger partial charge is 0.00149 e. The molecule has 0 spiro atoms. The molecule has 0 amide bonds. The van der Waals surface area contributed by atoms with Crippen molar-refractivity contribution in [2.24, 2.45) is 0 Å². The lowest BCUT2D eigenvalue weighted by molar-refractivity contribution is 0.927. The van der Waals surface area contributed by atoms with Crippen LogP contribution in [0.2, 0.25) is 0 Å². The Morgan fingerprint density at radius 2 is 2.17 bits per heavy atom. The van der Waals surface area contributed by atoms with Crippen molar-refractivity contribution in [1.82, 2.24) is 0 Å². The molecule has 0 aromatic carbocycles. The minimum atomic E-state index is 1.21. The second-order valence-corrected chi connectivity index (χ2v) is 3.81. The number of hydrogen-bond donors (Lipinski definition) is 0. The van der Waals surface area contributed by atoms with Crippen molar-refractivity contribution < 1.29 is 0 Å². The lowest BCUT2D eigenvalue weighted by Crippen LogP contribution is -1.81. The summed E-state index contributed by atoms with van der Waals surface area (Å²) >= 11 is 1.76. The third kappa shape index (κ3) is 1.25. The average molecular weight is 176 g/mol. The molecule has 62 valence electrons. The Morgan fingerprint density at radius 3 is 3.00 bits per heavy atom. The summed E-state index contributed by atoms with van der Waals surface area (Å²) in [4.78, 5) is 0. The van der Waals surface area contributed by atoms with Crippen molar-refractivity contribution >= 4 is 11.3 Å². The van der Waals surface area contributed by atoms with E-state index in [0.717, 1.165) is 0 Å². The predicted octanol–water partition coefficient (Wildman–Crippen LogP) is 3.81. The fourth-order valence-electron chi connectivity index (χ4n) is 1.57. The van der Waals surface area contributed by atoms with E-state index in [2.05, 4.69) is 35.9 Å². The summed E-state index contributed by atoms with van der Waals surface area (Å²) in [6.45, 7) is 2.23. The zero-order valence-electron chi connectivity index (χ0n) is 7.21. The fraction of sp³-hybridized carbons (Fsp3) is 0.273. The van der Waals surface area contributed by atoms with E-state index in [1.165, 1.54) is 29.5 Å². The first-order valence-electron chi connectivity index (χ1n) is 4.35. The van der Waals surface area contributed by atoms with E-state index in [1.807, 2.05) is 0 Å². The zero-order chi connectivity index (χ0) is 8.39. The van der Waals surface area contributed by atoms with Crippen molar-refractivity contribution in [3.8, 4) is 11.1 Å². The first-order chi connectivity index (χ1) is 5.92. The van der Waals surface area contributed by atoms with E-state index >= 15 is 0 Å². The van der Waals surface area contributed by atoms with Crippen LogP contribution in [0.1, 0.15) is 18.9 Å². The molecular weight excluding hydrogens is 164 g/mol. The van der Waals surface area contributed by atoms with Gasteiger partial charge in [0.25, 0.3) is 0 Å². The van der Waals surface area contributed by atoms with Crippen molar-refractivity contribution in [1.29, 1.82) is 0 Å². The Bertz CT molecular complexity index is 335. The molecule has 0 fully saturated rings. The summed E-state index contributed by atoms with van der Waals surface area (Å²) in [6, 6.07) is 6.70. The number of fused-ring (bicyclic) bond motifs is 1. The van der Waals surface area contributed by atoms with Crippen molar-refractivity contribution in [3.05, 3.63) is 34.5 Å². The van der Waals surface area contributed by atoms with Crippen LogP contribution in [0.5, 0.6) is 0 Å². The average Bonchev–Trinajstić information content (AvgIpc) is 2.50. The zero-order valence-corrected chi connectivity index (χ0v) is 8.03. The highest BCUT2D eigenvalue weighted by Crippen LogP contribution is 2.29. The van der Waals surface area contributed by atoms with Gasteiger partial charge in [0.1, 0.15) is 0 Å². The molecule has 0 unspecified atom stereocenters. The monoisotopic (exact) mass is 176 g/mol. The summed E-state index contributed by atoms with van der Waals surface area (Å²) in [5.41, 5.74) is 4.34. The molecule has 0 aromatic rings. The molecule has 1 aliphatic heterocycles. The van der Waals surface area contributed by atoms with E-state index < -0.39 is 0 Å². The highest BCUT2D eigenvalue weighted by molar-refractivity contribution is 7.07. The number of aryl methyl sites for hydroxylation is 1. The second kappa shape index (κ2) is 3.28. The molecule has 1 heterocycles. The van der Waals surface area contributed by atoms with Crippen LogP contribution >= 0.6 is 11.3 Å². The van der Waals surface area contributed by atoms with E-state index in [-0.39, 0.29) is 0 Å². The molecular formula is C11H12S. The summed E-state index contributed by atoms with van der Waals surface area (Å²) in [7, 11) is 0. The van der Waals surface area contributed by atoms with Gasteiger partial charge in [-0.2, -0.15) is 11.3 Å². The van der Waals surface area contributed by atoms with Crippen LogP contribution in [0.4, 0.5) is 0 Å². The number of hydrogen-bond acceptors (Lipinski definition) is 1. The summed E-state index contributed by atoms with van der Waals surface area (Å²) in [6.07, 6.45) is 2.44. The van der Waals surface area contributed by atoms with Crippen LogP contribution in [0, 0.1) is 0 Å². The second-order valence-electron chi connectivity index (χ2n) is 3.03. The van der Waals surface area contributed by atoms with Gasteiger partial charge in [-0.1, -0.05) is 25.5 Å². The van der Waals surface area contributed by atoms with Gasteiger partial charge in [0.05, 0.1) is 0 Å². The molecule has 1 heteroatoms. The van der Waals surface area contributed by atoms with Crippen LogP contribution in [-0.4, -0.2) is 0 Å². The SMILES string of the molecule is CCCc1ccc2csccc1-2. The van der Waals surface area contributed by atoms with Crippen LogP contribution in [0.3, 0.4) is 0 Å². The largest absolute Gasteiger partial charge is 0.152 e.